The van der Waals surface area contributed by atoms with Gasteiger partial charge >= 0.3 is 11.9 Å². The zero-order valence-corrected chi connectivity index (χ0v) is 16.4. The van der Waals surface area contributed by atoms with Crippen LogP contribution in [0.1, 0.15) is 6.92 Å². The van der Waals surface area contributed by atoms with Crippen molar-refractivity contribution in [2.75, 3.05) is 25.5 Å². The number of imide groups is 1. The van der Waals surface area contributed by atoms with Gasteiger partial charge in [-0.3, -0.25) is 9.59 Å². The van der Waals surface area contributed by atoms with E-state index < -0.39 is 30.3 Å². The Morgan fingerprint density at radius 3 is 2.70 bits per heavy atom. The third kappa shape index (κ3) is 3.82. The highest BCUT2D eigenvalue weighted by molar-refractivity contribution is 9.10. The number of dihydropyridines is 1. The largest absolute Gasteiger partial charge is 0.497 e. The fourth-order valence-electron chi connectivity index (χ4n) is 2.85. The molecule has 4 amide bonds. The molecule has 0 saturated heterocycles. The van der Waals surface area contributed by atoms with E-state index in [-0.39, 0.29) is 0 Å². The fraction of sp³-hybridized carbons (Fsp3) is 0.278. The number of amides is 4. The van der Waals surface area contributed by atoms with E-state index in [1.807, 2.05) is 0 Å². The molecular formula is C18H18BrN4O4+. The minimum Gasteiger partial charge on any atom is -0.497 e. The first-order valence-corrected chi connectivity index (χ1v) is 9.10. The predicted octanol–water partition coefficient (Wildman–Crippen LogP) is 2.01. The summed E-state index contributed by atoms with van der Waals surface area (Å²) in [6, 6.07) is 6.38. The van der Waals surface area contributed by atoms with E-state index in [0.29, 0.717) is 23.9 Å². The maximum Gasteiger partial charge on any atom is 0.446 e. The number of rotatable bonds is 5. The second-order valence-corrected chi connectivity index (χ2v) is 6.81. The zero-order valence-electron chi connectivity index (χ0n) is 14.8. The molecule has 2 aliphatic rings. The van der Waals surface area contributed by atoms with Crippen LogP contribution in [0.5, 0.6) is 0 Å². The Hall–Kier alpha value is -2.81. The Kier molecular flexibility index (Phi) is 5.50. The molecule has 1 aromatic rings. The van der Waals surface area contributed by atoms with Gasteiger partial charge in [-0.2, -0.15) is 9.48 Å². The molecule has 140 valence electrons. The quantitative estimate of drug-likeness (QED) is 0.718. The average Bonchev–Trinajstić information content (AvgIpc) is 2.65. The SMILES string of the molecule is CCOC1=CC=NC2=[N+](C)C(=O)N(CC(=O)Nc3ccc(Br)cc3)C(=O)C12. The van der Waals surface area contributed by atoms with Gasteiger partial charge in [0.1, 0.15) is 12.0 Å². The lowest BCUT2D eigenvalue weighted by Crippen LogP contribution is -2.56. The number of carbonyl (C=O) groups is 3. The molecule has 1 unspecified atom stereocenters. The van der Waals surface area contributed by atoms with Crippen LogP contribution in [-0.4, -0.2) is 59.6 Å². The minimum atomic E-state index is -0.835. The van der Waals surface area contributed by atoms with Crippen molar-refractivity contribution in [3.05, 3.63) is 40.6 Å². The van der Waals surface area contributed by atoms with Gasteiger partial charge in [-0.05, 0) is 31.2 Å². The van der Waals surface area contributed by atoms with Crippen LogP contribution in [0.4, 0.5) is 10.5 Å². The van der Waals surface area contributed by atoms with E-state index in [9.17, 15) is 14.4 Å². The summed E-state index contributed by atoms with van der Waals surface area (Å²) in [4.78, 5) is 42.9. The summed E-state index contributed by atoms with van der Waals surface area (Å²) in [5.74, 6) is -1.14. The molecule has 0 aliphatic carbocycles. The van der Waals surface area contributed by atoms with E-state index in [4.69, 9.17) is 4.74 Å². The molecule has 0 bridgehead atoms. The Labute approximate surface area is 164 Å². The number of nitrogens with zero attached hydrogens (tertiary/aromatic N) is 3. The number of hydrogen-bond donors (Lipinski definition) is 1. The maximum atomic E-state index is 12.9. The molecule has 0 fully saturated rings. The number of aliphatic imine (C=N–C) groups is 1. The number of halogens is 1. The first-order valence-electron chi connectivity index (χ1n) is 8.30. The number of benzene rings is 1. The maximum absolute atomic E-state index is 12.9. The summed E-state index contributed by atoms with van der Waals surface area (Å²) in [7, 11) is 1.52. The van der Waals surface area contributed by atoms with Crippen LogP contribution in [0.15, 0.2) is 45.6 Å². The molecule has 8 nitrogen and oxygen atoms in total. The number of anilines is 1. The third-order valence-corrected chi connectivity index (χ3v) is 4.63. The van der Waals surface area contributed by atoms with Gasteiger partial charge in [-0.1, -0.05) is 15.9 Å². The van der Waals surface area contributed by atoms with Gasteiger partial charge in [0.25, 0.3) is 11.7 Å². The molecule has 1 aromatic carbocycles. The van der Waals surface area contributed by atoms with Gasteiger partial charge in [0.15, 0.2) is 12.5 Å². The monoisotopic (exact) mass is 433 g/mol. The van der Waals surface area contributed by atoms with Crippen molar-refractivity contribution >= 4 is 51.5 Å². The van der Waals surface area contributed by atoms with Crippen LogP contribution >= 0.6 is 15.9 Å². The summed E-state index contributed by atoms with van der Waals surface area (Å²) >= 11 is 3.32. The van der Waals surface area contributed by atoms with Crippen molar-refractivity contribution < 1.29 is 23.7 Å². The number of carbonyl (C=O) groups excluding carboxylic acids is 3. The summed E-state index contributed by atoms with van der Waals surface area (Å²) in [5, 5.41) is 2.67. The highest BCUT2D eigenvalue weighted by Crippen LogP contribution is 2.25. The van der Waals surface area contributed by atoms with E-state index >= 15 is 0 Å². The molecule has 0 spiro atoms. The molecule has 0 saturated carbocycles. The lowest BCUT2D eigenvalue weighted by Gasteiger charge is -2.28. The molecule has 1 N–H and O–H groups in total. The second-order valence-electron chi connectivity index (χ2n) is 5.89. The van der Waals surface area contributed by atoms with Crippen molar-refractivity contribution in [3.8, 4) is 0 Å². The predicted molar refractivity (Wildman–Crippen MR) is 103 cm³/mol. The molecule has 0 radical (unpaired) electrons. The highest BCUT2D eigenvalue weighted by atomic mass is 79.9. The summed E-state index contributed by atoms with van der Waals surface area (Å²) in [6.45, 7) is 1.78. The molecular weight excluding hydrogens is 416 g/mol. The lowest BCUT2D eigenvalue weighted by atomic mass is 9.99. The second kappa shape index (κ2) is 7.83. The topological polar surface area (TPSA) is 91.1 Å². The van der Waals surface area contributed by atoms with Gasteiger partial charge < -0.3 is 10.1 Å². The lowest BCUT2D eigenvalue weighted by molar-refractivity contribution is -0.408. The average molecular weight is 434 g/mol. The van der Waals surface area contributed by atoms with Crippen molar-refractivity contribution in [1.82, 2.24) is 4.90 Å². The van der Waals surface area contributed by atoms with Gasteiger partial charge in [0.05, 0.1) is 13.7 Å². The standard InChI is InChI=1S/C18H17BrN4O4/c1-3-27-13-8-9-20-16-15(13)17(25)23(18(26)22(16)2)10-14(24)21-12-6-4-11(19)5-7-12/h4-9,15H,3,10H2,1-2H3/p+1. The van der Waals surface area contributed by atoms with Crippen LogP contribution in [0.2, 0.25) is 0 Å². The van der Waals surface area contributed by atoms with E-state index in [2.05, 4.69) is 26.2 Å². The number of allylic oxidation sites excluding steroid dienone is 1. The Morgan fingerprint density at radius 1 is 1.33 bits per heavy atom. The van der Waals surface area contributed by atoms with Gasteiger partial charge in [-0.25, -0.2) is 4.79 Å². The number of hydrogen-bond acceptors (Lipinski definition) is 5. The van der Waals surface area contributed by atoms with E-state index in [1.54, 1.807) is 37.3 Å². The number of nitrogens with one attached hydrogen (secondary N) is 1. The van der Waals surface area contributed by atoms with Gasteiger partial charge in [0.2, 0.25) is 0 Å². The van der Waals surface area contributed by atoms with Crippen LogP contribution in [-0.2, 0) is 14.3 Å². The van der Waals surface area contributed by atoms with Crippen molar-refractivity contribution in [2.24, 2.45) is 10.9 Å². The minimum absolute atomic E-state index is 0.292. The summed E-state index contributed by atoms with van der Waals surface area (Å²) < 4.78 is 7.67. The first-order chi connectivity index (χ1) is 12.9. The highest BCUT2D eigenvalue weighted by Gasteiger charge is 2.50. The van der Waals surface area contributed by atoms with Crippen LogP contribution in [0.25, 0.3) is 0 Å². The third-order valence-electron chi connectivity index (χ3n) is 4.10. The van der Waals surface area contributed by atoms with Crippen molar-refractivity contribution in [3.63, 3.8) is 0 Å². The number of urea groups is 1. The molecule has 3 rings (SSSR count). The molecule has 1 atom stereocenters. The smallest absolute Gasteiger partial charge is 0.446 e. The Bertz CT molecular complexity index is 889. The van der Waals surface area contributed by atoms with Gasteiger partial charge in [0, 0.05) is 16.2 Å². The molecule has 0 aromatic heterocycles. The summed E-state index contributed by atoms with van der Waals surface area (Å²) in [5.41, 5.74) is 0.567. The number of fused-ring (bicyclic) bond motifs is 1. The molecule has 27 heavy (non-hydrogen) atoms. The normalized spacial score (nSPS) is 19.0. The van der Waals surface area contributed by atoms with E-state index in [0.717, 1.165) is 9.37 Å². The number of ether oxygens (including phenoxy) is 1. The van der Waals surface area contributed by atoms with Crippen LogP contribution < -0.4 is 5.32 Å². The van der Waals surface area contributed by atoms with Crippen molar-refractivity contribution in [2.45, 2.75) is 6.92 Å². The molecule has 9 heteroatoms. The Morgan fingerprint density at radius 2 is 2.04 bits per heavy atom. The summed E-state index contributed by atoms with van der Waals surface area (Å²) in [6.07, 6.45) is 3.09. The molecule has 2 aliphatic heterocycles. The zero-order chi connectivity index (χ0) is 19.6. The van der Waals surface area contributed by atoms with E-state index in [1.165, 1.54) is 17.8 Å². The number of amidine groups is 1. The molecule has 2 heterocycles. The van der Waals surface area contributed by atoms with Crippen molar-refractivity contribution in [1.29, 1.82) is 0 Å². The van der Waals surface area contributed by atoms with Crippen LogP contribution in [0, 0.1) is 5.92 Å². The van der Waals surface area contributed by atoms with Gasteiger partial charge in [-0.15, -0.1) is 4.99 Å². The first kappa shape index (κ1) is 19.0. The fourth-order valence-corrected chi connectivity index (χ4v) is 3.11. The Balaban J connectivity index is 1.81. The van der Waals surface area contributed by atoms with Crippen LogP contribution in [0.3, 0.4) is 0 Å².